The molecule has 2 aromatic rings. The summed E-state index contributed by atoms with van der Waals surface area (Å²) < 4.78 is 0. The molecule has 1 amide bonds. The maximum absolute atomic E-state index is 12.7. The molecule has 1 saturated heterocycles. The van der Waals surface area contributed by atoms with Gasteiger partial charge in [-0.1, -0.05) is 18.2 Å². The van der Waals surface area contributed by atoms with Gasteiger partial charge in [-0.2, -0.15) is 0 Å². The molecule has 2 aliphatic heterocycles. The molecule has 2 aliphatic rings. The third kappa shape index (κ3) is 3.70. The Kier molecular flexibility index (Phi) is 5.11. The van der Waals surface area contributed by atoms with Crippen molar-refractivity contribution < 1.29 is 4.79 Å². The standard InChI is InChI=1S/C20H24N4OS/c1-15-21-18-9-12-24(19(25)14-26-16-7-3-2-4-8-16)13-17(18)20(22-15)23-10-5-6-11-23/h2-4,7-8H,5-6,9-14H2,1H3. The molecule has 4 rings (SSSR count). The minimum atomic E-state index is 0.192. The minimum absolute atomic E-state index is 0.192. The SMILES string of the molecule is Cc1nc2c(c(N3CCCC3)n1)CN(C(=O)CSc1ccccc1)CC2. The first-order chi connectivity index (χ1) is 12.7. The first-order valence-corrected chi connectivity index (χ1v) is 10.3. The summed E-state index contributed by atoms with van der Waals surface area (Å²) in [4.78, 5) is 27.6. The number of aromatic nitrogens is 2. The van der Waals surface area contributed by atoms with Crippen molar-refractivity contribution in [2.75, 3.05) is 30.3 Å². The van der Waals surface area contributed by atoms with Gasteiger partial charge in [0.1, 0.15) is 11.6 Å². The molecule has 0 aliphatic carbocycles. The monoisotopic (exact) mass is 368 g/mol. The van der Waals surface area contributed by atoms with Crippen molar-refractivity contribution in [3.05, 3.63) is 47.4 Å². The van der Waals surface area contributed by atoms with E-state index in [0.29, 0.717) is 12.3 Å². The number of thioether (sulfide) groups is 1. The van der Waals surface area contributed by atoms with Crippen molar-refractivity contribution in [1.82, 2.24) is 14.9 Å². The van der Waals surface area contributed by atoms with E-state index in [1.165, 1.54) is 12.8 Å². The highest BCUT2D eigenvalue weighted by Gasteiger charge is 2.28. The molecule has 0 radical (unpaired) electrons. The maximum atomic E-state index is 12.7. The third-order valence-electron chi connectivity index (χ3n) is 5.01. The van der Waals surface area contributed by atoms with Crippen LogP contribution in [0.2, 0.25) is 0 Å². The van der Waals surface area contributed by atoms with Gasteiger partial charge in [0.2, 0.25) is 5.91 Å². The van der Waals surface area contributed by atoms with E-state index in [1.54, 1.807) is 11.8 Å². The van der Waals surface area contributed by atoms with Crippen LogP contribution in [0.4, 0.5) is 5.82 Å². The number of benzene rings is 1. The lowest BCUT2D eigenvalue weighted by molar-refractivity contribution is -0.129. The van der Waals surface area contributed by atoms with Gasteiger partial charge in [0.05, 0.1) is 18.0 Å². The molecule has 5 nitrogen and oxygen atoms in total. The Bertz CT molecular complexity index is 790. The third-order valence-corrected chi connectivity index (χ3v) is 6.01. The molecular weight excluding hydrogens is 344 g/mol. The van der Waals surface area contributed by atoms with Crippen LogP contribution in [0.5, 0.6) is 0 Å². The summed E-state index contributed by atoms with van der Waals surface area (Å²) in [5, 5.41) is 0. The van der Waals surface area contributed by atoms with Gasteiger partial charge in [0.25, 0.3) is 0 Å². The van der Waals surface area contributed by atoms with Crippen LogP contribution < -0.4 is 4.90 Å². The van der Waals surface area contributed by atoms with Gasteiger partial charge in [-0.15, -0.1) is 11.8 Å². The zero-order valence-corrected chi connectivity index (χ0v) is 16.0. The van der Waals surface area contributed by atoms with E-state index in [-0.39, 0.29) is 5.91 Å². The number of fused-ring (bicyclic) bond motifs is 1. The second kappa shape index (κ2) is 7.66. The van der Waals surface area contributed by atoms with Crippen molar-refractivity contribution in [3.8, 4) is 0 Å². The van der Waals surface area contributed by atoms with Gasteiger partial charge in [0, 0.05) is 36.5 Å². The Morgan fingerprint density at radius 3 is 2.65 bits per heavy atom. The lowest BCUT2D eigenvalue weighted by Crippen LogP contribution is -2.39. The predicted octanol–water partition coefficient (Wildman–Crippen LogP) is 3.06. The van der Waals surface area contributed by atoms with E-state index in [0.717, 1.165) is 53.9 Å². The molecule has 0 N–H and O–H groups in total. The van der Waals surface area contributed by atoms with Crippen LogP contribution in [0.25, 0.3) is 0 Å². The van der Waals surface area contributed by atoms with Crippen LogP contribution in [-0.4, -0.2) is 46.2 Å². The Balaban J connectivity index is 1.48. The van der Waals surface area contributed by atoms with Gasteiger partial charge in [-0.05, 0) is 31.9 Å². The van der Waals surface area contributed by atoms with Crippen LogP contribution in [0, 0.1) is 6.92 Å². The Morgan fingerprint density at radius 1 is 1.12 bits per heavy atom. The normalized spacial score (nSPS) is 16.7. The average molecular weight is 369 g/mol. The lowest BCUT2D eigenvalue weighted by Gasteiger charge is -2.31. The summed E-state index contributed by atoms with van der Waals surface area (Å²) in [5.41, 5.74) is 2.28. The molecule has 26 heavy (non-hydrogen) atoms. The zero-order valence-electron chi connectivity index (χ0n) is 15.1. The molecule has 1 aromatic carbocycles. The Labute approximate surface area is 158 Å². The Morgan fingerprint density at radius 2 is 1.88 bits per heavy atom. The van der Waals surface area contributed by atoms with Gasteiger partial charge >= 0.3 is 0 Å². The molecule has 1 aromatic heterocycles. The number of carbonyl (C=O) groups is 1. The fourth-order valence-electron chi connectivity index (χ4n) is 3.67. The van der Waals surface area contributed by atoms with Crippen molar-refractivity contribution in [2.45, 2.75) is 37.6 Å². The fourth-order valence-corrected chi connectivity index (χ4v) is 4.50. The smallest absolute Gasteiger partial charge is 0.233 e. The highest BCUT2D eigenvalue weighted by atomic mass is 32.2. The number of carbonyl (C=O) groups excluding carboxylic acids is 1. The highest BCUT2D eigenvalue weighted by molar-refractivity contribution is 8.00. The van der Waals surface area contributed by atoms with Crippen molar-refractivity contribution in [2.24, 2.45) is 0 Å². The van der Waals surface area contributed by atoms with Crippen LogP contribution in [-0.2, 0) is 17.8 Å². The molecule has 1 fully saturated rings. The van der Waals surface area contributed by atoms with Gasteiger partial charge in [-0.25, -0.2) is 9.97 Å². The second-order valence-corrected chi connectivity index (χ2v) is 7.93. The Hall–Kier alpha value is -2.08. The molecule has 0 spiro atoms. The molecule has 0 unspecified atom stereocenters. The summed E-state index contributed by atoms with van der Waals surface area (Å²) in [6, 6.07) is 10.1. The fraction of sp³-hybridized carbons (Fsp3) is 0.450. The molecule has 136 valence electrons. The number of hydrogen-bond acceptors (Lipinski definition) is 5. The van der Waals surface area contributed by atoms with Gasteiger partial charge < -0.3 is 9.80 Å². The quantitative estimate of drug-likeness (QED) is 0.777. The van der Waals surface area contributed by atoms with E-state index in [4.69, 9.17) is 4.98 Å². The maximum Gasteiger partial charge on any atom is 0.233 e. The molecule has 0 bridgehead atoms. The number of aryl methyl sites for hydroxylation is 1. The van der Waals surface area contributed by atoms with Crippen molar-refractivity contribution in [3.63, 3.8) is 0 Å². The van der Waals surface area contributed by atoms with Crippen LogP contribution in [0.3, 0.4) is 0 Å². The minimum Gasteiger partial charge on any atom is -0.356 e. The predicted molar refractivity (Wildman–Crippen MR) is 105 cm³/mol. The van der Waals surface area contributed by atoms with Crippen LogP contribution in [0.1, 0.15) is 29.9 Å². The van der Waals surface area contributed by atoms with E-state index in [9.17, 15) is 4.79 Å². The van der Waals surface area contributed by atoms with Crippen molar-refractivity contribution in [1.29, 1.82) is 0 Å². The first-order valence-electron chi connectivity index (χ1n) is 9.27. The number of anilines is 1. The number of hydrogen-bond donors (Lipinski definition) is 0. The van der Waals surface area contributed by atoms with E-state index in [1.807, 2.05) is 42.2 Å². The number of rotatable bonds is 4. The zero-order chi connectivity index (χ0) is 17.9. The van der Waals surface area contributed by atoms with Gasteiger partial charge in [0.15, 0.2) is 0 Å². The van der Waals surface area contributed by atoms with E-state index < -0.39 is 0 Å². The molecule has 6 heteroatoms. The summed E-state index contributed by atoms with van der Waals surface area (Å²) in [6.45, 7) is 5.46. The van der Waals surface area contributed by atoms with Crippen LogP contribution >= 0.6 is 11.8 Å². The summed E-state index contributed by atoms with van der Waals surface area (Å²) in [5.74, 6) is 2.56. The largest absolute Gasteiger partial charge is 0.356 e. The first kappa shape index (κ1) is 17.3. The molecule has 0 saturated carbocycles. The number of amides is 1. The average Bonchev–Trinajstić information content (AvgIpc) is 3.20. The molecule has 3 heterocycles. The topological polar surface area (TPSA) is 49.3 Å². The second-order valence-electron chi connectivity index (χ2n) is 6.88. The molecule has 0 atom stereocenters. The van der Waals surface area contributed by atoms with E-state index in [2.05, 4.69) is 9.88 Å². The van der Waals surface area contributed by atoms with Crippen molar-refractivity contribution >= 4 is 23.5 Å². The summed E-state index contributed by atoms with van der Waals surface area (Å²) in [6.07, 6.45) is 3.25. The lowest BCUT2D eigenvalue weighted by atomic mass is 10.1. The van der Waals surface area contributed by atoms with Crippen LogP contribution in [0.15, 0.2) is 35.2 Å². The highest BCUT2D eigenvalue weighted by Crippen LogP contribution is 2.29. The van der Waals surface area contributed by atoms with Gasteiger partial charge in [-0.3, -0.25) is 4.79 Å². The molecular formula is C20H24N4OS. The summed E-state index contributed by atoms with van der Waals surface area (Å²) >= 11 is 1.60. The van der Waals surface area contributed by atoms with E-state index >= 15 is 0 Å². The number of nitrogens with zero attached hydrogens (tertiary/aromatic N) is 4. The summed E-state index contributed by atoms with van der Waals surface area (Å²) in [7, 11) is 0.